The van der Waals surface area contributed by atoms with Crippen molar-refractivity contribution >= 4 is 27.7 Å². The average Bonchev–Trinajstić information content (AvgIpc) is 2.86. The second kappa shape index (κ2) is 12.0. The van der Waals surface area contributed by atoms with Crippen molar-refractivity contribution < 1.29 is 22.7 Å². The number of benzene rings is 3. The number of nitrogens with one attached hydrogen (secondary N) is 1. The molecule has 0 aliphatic rings. The lowest BCUT2D eigenvalue weighted by molar-refractivity contribution is -0.127. The quantitative estimate of drug-likeness (QED) is 0.416. The molecule has 8 heteroatoms. The summed E-state index contributed by atoms with van der Waals surface area (Å²) in [7, 11) is -0.721. The first-order valence-electron chi connectivity index (χ1n) is 10.7. The maximum absolute atomic E-state index is 12.8. The molecule has 0 aliphatic carbocycles. The minimum absolute atomic E-state index is 0.104. The summed E-state index contributed by atoms with van der Waals surface area (Å²) in [6, 6.07) is 22.8. The summed E-state index contributed by atoms with van der Waals surface area (Å²) in [4.78, 5) is 14.6. The zero-order valence-electron chi connectivity index (χ0n) is 19.2. The van der Waals surface area contributed by atoms with Gasteiger partial charge in [0.2, 0.25) is 5.91 Å². The van der Waals surface area contributed by atoms with Crippen molar-refractivity contribution in [2.45, 2.75) is 11.4 Å². The normalized spacial score (nSPS) is 11.4. The molecule has 0 saturated heterocycles. The molecule has 0 heterocycles. The zero-order valence-corrected chi connectivity index (χ0v) is 20.0. The third-order valence-electron chi connectivity index (χ3n) is 5.05. The van der Waals surface area contributed by atoms with Gasteiger partial charge in [-0.2, -0.15) is 0 Å². The van der Waals surface area contributed by atoms with Gasteiger partial charge < -0.3 is 14.4 Å². The van der Waals surface area contributed by atoms with Gasteiger partial charge in [0.25, 0.3) is 10.0 Å². The third kappa shape index (κ3) is 6.94. The smallest absolute Gasteiger partial charge is 0.262 e. The van der Waals surface area contributed by atoms with E-state index >= 15 is 0 Å². The summed E-state index contributed by atoms with van der Waals surface area (Å²) in [5, 5.41) is 0. The Morgan fingerprint density at radius 3 is 2.29 bits per heavy atom. The highest BCUT2D eigenvalue weighted by atomic mass is 32.2. The van der Waals surface area contributed by atoms with Crippen LogP contribution in [0.3, 0.4) is 0 Å². The van der Waals surface area contributed by atoms with Crippen molar-refractivity contribution in [3.05, 3.63) is 96.1 Å². The minimum Gasteiger partial charge on any atom is -0.495 e. The number of carbonyl (C=O) groups is 1. The second-order valence-corrected chi connectivity index (χ2v) is 9.13. The maximum Gasteiger partial charge on any atom is 0.262 e. The van der Waals surface area contributed by atoms with Crippen molar-refractivity contribution in [2.24, 2.45) is 0 Å². The first-order chi connectivity index (χ1) is 16.4. The van der Waals surface area contributed by atoms with Crippen LogP contribution in [0.4, 0.5) is 5.69 Å². The lowest BCUT2D eigenvalue weighted by atomic mass is 10.2. The van der Waals surface area contributed by atoms with E-state index in [2.05, 4.69) is 4.72 Å². The van der Waals surface area contributed by atoms with Gasteiger partial charge in [0.05, 0.1) is 24.3 Å². The molecule has 7 nitrogen and oxygen atoms in total. The largest absolute Gasteiger partial charge is 0.495 e. The fraction of sp³-hybridized carbons (Fsp3) is 0.192. The highest BCUT2D eigenvalue weighted by Gasteiger charge is 2.16. The second-order valence-electron chi connectivity index (χ2n) is 7.45. The van der Waals surface area contributed by atoms with Gasteiger partial charge in [0.15, 0.2) is 0 Å². The van der Waals surface area contributed by atoms with Gasteiger partial charge in [-0.3, -0.25) is 9.52 Å². The fourth-order valence-corrected chi connectivity index (χ4v) is 4.31. The molecule has 0 aromatic heterocycles. The molecular formula is C26H28N2O5S. The number of rotatable bonds is 11. The highest BCUT2D eigenvalue weighted by Crippen LogP contribution is 2.26. The van der Waals surface area contributed by atoms with Gasteiger partial charge in [-0.05, 0) is 41.5 Å². The summed E-state index contributed by atoms with van der Waals surface area (Å²) in [6.07, 6.45) is 3.15. The predicted octanol–water partition coefficient (Wildman–Crippen LogP) is 4.18. The van der Waals surface area contributed by atoms with Gasteiger partial charge in [-0.1, -0.05) is 54.6 Å². The molecule has 0 aliphatic heterocycles. The highest BCUT2D eigenvalue weighted by molar-refractivity contribution is 7.92. The van der Waals surface area contributed by atoms with E-state index in [1.165, 1.54) is 25.3 Å². The monoisotopic (exact) mass is 480 g/mol. The number of amides is 1. The summed E-state index contributed by atoms with van der Waals surface area (Å²) < 4.78 is 38.4. The lowest BCUT2D eigenvalue weighted by Crippen LogP contribution is -2.32. The zero-order chi connectivity index (χ0) is 24.4. The maximum atomic E-state index is 12.8. The van der Waals surface area contributed by atoms with Gasteiger partial charge in [-0.25, -0.2) is 8.42 Å². The van der Waals surface area contributed by atoms with Crippen LogP contribution in [0.15, 0.2) is 89.8 Å². The van der Waals surface area contributed by atoms with Crippen molar-refractivity contribution in [1.82, 2.24) is 4.90 Å². The van der Waals surface area contributed by atoms with E-state index in [0.29, 0.717) is 36.7 Å². The Balaban J connectivity index is 1.69. The van der Waals surface area contributed by atoms with Crippen LogP contribution in [-0.4, -0.2) is 46.6 Å². The molecule has 0 spiro atoms. The first kappa shape index (κ1) is 25.0. The van der Waals surface area contributed by atoms with Crippen LogP contribution in [0.5, 0.6) is 5.75 Å². The number of anilines is 1. The molecular weight excluding hydrogens is 452 g/mol. The van der Waals surface area contributed by atoms with E-state index in [4.69, 9.17) is 9.47 Å². The number of ether oxygens (including phenoxy) is 2. The van der Waals surface area contributed by atoms with E-state index < -0.39 is 10.0 Å². The van der Waals surface area contributed by atoms with Gasteiger partial charge in [0, 0.05) is 26.3 Å². The Bertz CT molecular complexity index is 1210. The molecule has 0 bridgehead atoms. The van der Waals surface area contributed by atoms with E-state index in [1.54, 1.807) is 54.5 Å². The van der Waals surface area contributed by atoms with Crippen LogP contribution < -0.4 is 9.46 Å². The molecule has 1 amide bonds. The van der Waals surface area contributed by atoms with Crippen LogP contribution in [0.25, 0.3) is 6.08 Å². The lowest BCUT2D eigenvalue weighted by Gasteiger charge is -2.21. The molecule has 3 rings (SSSR count). The Morgan fingerprint density at radius 2 is 1.62 bits per heavy atom. The van der Waals surface area contributed by atoms with Crippen LogP contribution in [0.1, 0.15) is 11.1 Å². The molecule has 0 unspecified atom stereocenters. The summed E-state index contributed by atoms with van der Waals surface area (Å²) >= 11 is 0. The standard InChI is InChI=1S/C26H28N2O5S/c1-32-19-18-28(20-22-8-4-3-5-9-22)26(29)17-14-21-12-15-23(16-13-21)34(30,31)27-24-10-6-7-11-25(24)33-2/h3-17,27H,18-20H2,1-2H3/b17-14+. The van der Waals surface area contributed by atoms with Gasteiger partial charge in [0.1, 0.15) is 5.75 Å². The van der Waals surface area contributed by atoms with Crippen molar-refractivity contribution in [2.75, 3.05) is 32.1 Å². The van der Waals surface area contributed by atoms with E-state index in [1.807, 2.05) is 30.3 Å². The van der Waals surface area contributed by atoms with E-state index in [9.17, 15) is 13.2 Å². The Labute approximate surface area is 200 Å². The van der Waals surface area contributed by atoms with Crippen molar-refractivity contribution in [1.29, 1.82) is 0 Å². The Kier molecular flexibility index (Phi) is 8.84. The SMILES string of the molecule is COCCN(Cc1ccccc1)C(=O)/C=C/c1ccc(S(=O)(=O)Nc2ccccc2OC)cc1. The number of hydrogen-bond acceptors (Lipinski definition) is 5. The Hall–Kier alpha value is -3.62. The topological polar surface area (TPSA) is 84.9 Å². The Morgan fingerprint density at radius 1 is 0.941 bits per heavy atom. The number of nitrogens with zero attached hydrogens (tertiary/aromatic N) is 1. The molecule has 0 radical (unpaired) electrons. The van der Waals surface area contributed by atoms with E-state index in [0.717, 1.165) is 5.56 Å². The number of hydrogen-bond donors (Lipinski definition) is 1. The summed E-state index contributed by atoms with van der Waals surface area (Å²) in [5.41, 5.74) is 2.09. The fourth-order valence-electron chi connectivity index (χ4n) is 3.24. The third-order valence-corrected chi connectivity index (χ3v) is 6.43. The van der Waals surface area contributed by atoms with E-state index in [-0.39, 0.29) is 10.8 Å². The average molecular weight is 481 g/mol. The van der Waals surface area contributed by atoms with Crippen molar-refractivity contribution in [3.8, 4) is 5.75 Å². The predicted molar refractivity (Wildman–Crippen MR) is 133 cm³/mol. The van der Waals surface area contributed by atoms with Crippen LogP contribution >= 0.6 is 0 Å². The number of para-hydroxylation sites is 2. The molecule has 0 fully saturated rings. The molecule has 3 aromatic rings. The minimum atomic E-state index is -3.80. The van der Waals surface area contributed by atoms with Crippen LogP contribution in [0, 0.1) is 0 Å². The van der Waals surface area contributed by atoms with Crippen LogP contribution in [0.2, 0.25) is 0 Å². The molecule has 0 atom stereocenters. The molecule has 1 N–H and O–H groups in total. The molecule has 3 aromatic carbocycles. The summed E-state index contributed by atoms with van der Waals surface area (Å²) in [5.74, 6) is 0.271. The summed E-state index contributed by atoms with van der Waals surface area (Å²) in [6.45, 7) is 1.36. The number of methoxy groups -OCH3 is 2. The van der Waals surface area contributed by atoms with Gasteiger partial charge in [-0.15, -0.1) is 0 Å². The molecule has 0 saturated carbocycles. The molecule has 34 heavy (non-hydrogen) atoms. The molecule has 178 valence electrons. The number of carbonyl (C=O) groups excluding carboxylic acids is 1. The van der Waals surface area contributed by atoms with Gasteiger partial charge >= 0.3 is 0 Å². The first-order valence-corrected chi connectivity index (χ1v) is 12.2. The van der Waals surface area contributed by atoms with Crippen LogP contribution in [-0.2, 0) is 26.1 Å². The number of sulfonamides is 1. The van der Waals surface area contributed by atoms with Crippen molar-refractivity contribution in [3.63, 3.8) is 0 Å².